The molecule has 2 nitrogen and oxygen atoms in total. The Bertz CT molecular complexity index is 130. The molecule has 7 heavy (non-hydrogen) atoms. The van der Waals surface area contributed by atoms with Crippen molar-refractivity contribution < 1.29 is 5.21 Å². The predicted octanol–water partition coefficient (Wildman–Crippen LogP) is 0.943. The molecule has 1 rings (SSSR count). The van der Waals surface area contributed by atoms with Gasteiger partial charge in [-0.15, -0.1) is 0 Å². The molecular formula is C5H5NO. The van der Waals surface area contributed by atoms with Crippen LogP contribution in [0.25, 0.3) is 0 Å². The van der Waals surface area contributed by atoms with E-state index in [1.54, 1.807) is 12.2 Å². The summed E-state index contributed by atoms with van der Waals surface area (Å²) in [6.45, 7) is 0. The Kier molecular flexibility index (Phi) is 0.941. The fourth-order valence-corrected chi connectivity index (χ4v) is 0.431. The van der Waals surface area contributed by atoms with Crippen LogP contribution in [-0.2, 0) is 0 Å². The van der Waals surface area contributed by atoms with Crippen molar-refractivity contribution in [1.29, 1.82) is 0 Å². The van der Waals surface area contributed by atoms with Crippen molar-refractivity contribution in [2.24, 2.45) is 5.16 Å². The van der Waals surface area contributed by atoms with E-state index in [0.29, 0.717) is 5.71 Å². The summed E-state index contributed by atoms with van der Waals surface area (Å²) in [5.74, 6) is 0. The van der Waals surface area contributed by atoms with Crippen molar-refractivity contribution in [2.75, 3.05) is 0 Å². The Balaban J connectivity index is 2.79. The highest BCUT2D eigenvalue weighted by Crippen LogP contribution is 1.92. The topological polar surface area (TPSA) is 32.6 Å². The van der Waals surface area contributed by atoms with Gasteiger partial charge in [-0.2, -0.15) is 0 Å². The van der Waals surface area contributed by atoms with Gasteiger partial charge in [0.2, 0.25) is 0 Å². The van der Waals surface area contributed by atoms with E-state index in [-0.39, 0.29) is 0 Å². The van der Waals surface area contributed by atoms with Crippen LogP contribution >= 0.6 is 0 Å². The van der Waals surface area contributed by atoms with Crippen LogP contribution < -0.4 is 0 Å². The van der Waals surface area contributed by atoms with Gasteiger partial charge < -0.3 is 5.21 Å². The second-order valence-electron chi connectivity index (χ2n) is 1.24. The van der Waals surface area contributed by atoms with E-state index in [0.717, 1.165) is 0 Å². The maximum Gasteiger partial charge on any atom is 0.102 e. The van der Waals surface area contributed by atoms with E-state index in [1.165, 1.54) is 0 Å². The lowest BCUT2D eigenvalue weighted by molar-refractivity contribution is 0.320. The van der Waals surface area contributed by atoms with E-state index in [1.807, 2.05) is 12.2 Å². The maximum absolute atomic E-state index is 8.05. The molecule has 36 valence electrons. The summed E-state index contributed by atoms with van der Waals surface area (Å²) in [6.07, 6.45) is 7.07. The smallest absolute Gasteiger partial charge is 0.102 e. The van der Waals surface area contributed by atoms with Gasteiger partial charge in [-0.3, -0.25) is 0 Å². The lowest BCUT2D eigenvalue weighted by atomic mass is 10.4. The molecule has 1 N–H and O–H groups in total. The van der Waals surface area contributed by atoms with Crippen LogP contribution in [0.5, 0.6) is 0 Å². The second kappa shape index (κ2) is 1.60. The number of rotatable bonds is 0. The van der Waals surface area contributed by atoms with Crippen molar-refractivity contribution in [3.8, 4) is 0 Å². The summed E-state index contributed by atoms with van der Waals surface area (Å²) in [4.78, 5) is 0. The zero-order chi connectivity index (χ0) is 5.11. The molecule has 0 aliphatic heterocycles. The normalized spacial score (nSPS) is 15.7. The molecule has 0 unspecified atom stereocenters. The van der Waals surface area contributed by atoms with Crippen molar-refractivity contribution in [3.05, 3.63) is 24.3 Å². The van der Waals surface area contributed by atoms with E-state index < -0.39 is 0 Å². The third kappa shape index (κ3) is 0.682. The molecule has 0 saturated carbocycles. The number of nitrogens with zero attached hydrogens (tertiary/aromatic N) is 1. The minimum absolute atomic E-state index is 0.611. The highest BCUT2D eigenvalue weighted by atomic mass is 16.4. The average Bonchev–Trinajstić information content (AvgIpc) is 2.14. The molecule has 0 saturated heterocycles. The van der Waals surface area contributed by atoms with Gasteiger partial charge in [0.05, 0.1) is 0 Å². The van der Waals surface area contributed by atoms with Crippen molar-refractivity contribution in [2.45, 2.75) is 0 Å². The van der Waals surface area contributed by atoms with E-state index >= 15 is 0 Å². The van der Waals surface area contributed by atoms with Crippen LogP contribution in [0.1, 0.15) is 0 Å². The van der Waals surface area contributed by atoms with Crippen LogP contribution in [0.15, 0.2) is 29.5 Å². The standard InChI is InChI=1S/C5H5NO/c7-6-5-3-1-2-4-5/h1-4,7H. The van der Waals surface area contributed by atoms with Gasteiger partial charge in [-0.05, 0) is 12.2 Å². The molecule has 0 radical (unpaired) electrons. The van der Waals surface area contributed by atoms with Crippen molar-refractivity contribution in [3.63, 3.8) is 0 Å². The van der Waals surface area contributed by atoms with Crippen LogP contribution in [0.2, 0.25) is 0 Å². The monoisotopic (exact) mass is 95.0 g/mol. The summed E-state index contributed by atoms with van der Waals surface area (Å²) in [5.41, 5.74) is 0.611. The fourth-order valence-electron chi connectivity index (χ4n) is 0.431. The quantitative estimate of drug-likeness (QED) is 0.352. The second-order valence-corrected chi connectivity index (χ2v) is 1.24. The molecule has 0 aromatic carbocycles. The molecule has 0 aromatic heterocycles. The Labute approximate surface area is 41.5 Å². The van der Waals surface area contributed by atoms with E-state index in [2.05, 4.69) is 5.16 Å². The van der Waals surface area contributed by atoms with E-state index in [9.17, 15) is 0 Å². The van der Waals surface area contributed by atoms with Gasteiger partial charge in [0.25, 0.3) is 0 Å². The zero-order valence-corrected chi connectivity index (χ0v) is 3.70. The first-order chi connectivity index (χ1) is 3.43. The summed E-state index contributed by atoms with van der Waals surface area (Å²) < 4.78 is 0. The molecule has 0 amide bonds. The van der Waals surface area contributed by atoms with Gasteiger partial charge in [0.15, 0.2) is 0 Å². The van der Waals surface area contributed by atoms with Crippen LogP contribution in [0, 0.1) is 0 Å². The molecule has 0 heterocycles. The fraction of sp³-hybridized carbons (Fsp3) is 0. The summed E-state index contributed by atoms with van der Waals surface area (Å²) in [7, 11) is 0. The largest absolute Gasteiger partial charge is 0.410 e. The predicted molar refractivity (Wildman–Crippen MR) is 27.5 cm³/mol. The zero-order valence-electron chi connectivity index (χ0n) is 3.70. The Morgan fingerprint density at radius 3 is 2.14 bits per heavy atom. The maximum atomic E-state index is 8.05. The van der Waals surface area contributed by atoms with Gasteiger partial charge >= 0.3 is 0 Å². The van der Waals surface area contributed by atoms with Crippen LogP contribution in [0.3, 0.4) is 0 Å². The first-order valence-electron chi connectivity index (χ1n) is 2.00. The SMILES string of the molecule is ON=C1C=CC=C1. The highest BCUT2D eigenvalue weighted by Gasteiger charge is 1.88. The Hall–Kier alpha value is -1.05. The lowest BCUT2D eigenvalue weighted by Gasteiger charge is -1.75. The number of oxime groups is 1. The third-order valence-corrected chi connectivity index (χ3v) is 0.761. The molecule has 1 aliphatic carbocycles. The molecule has 1 aliphatic rings. The Morgan fingerprint density at radius 1 is 1.29 bits per heavy atom. The van der Waals surface area contributed by atoms with Crippen molar-refractivity contribution in [1.82, 2.24) is 0 Å². The first kappa shape index (κ1) is 4.12. The van der Waals surface area contributed by atoms with Crippen molar-refractivity contribution >= 4 is 5.71 Å². The first-order valence-corrected chi connectivity index (χ1v) is 2.00. The third-order valence-electron chi connectivity index (χ3n) is 0.761. The lowest BCUT2D eigenvalue weighted by Crippen LogP contribution is -1.79. The summed E-state index contributed by atoms with van der Waals surface area (Å²) in [6, 6.07) is 0. The summed E-state index contributed by atoms with van der Waals surface area (Å²) >= 11 is 0. The molecule has 0 atom stereocenters. The summed E-state index contributed by atoms with van der Waals surface area (Å²) in [5, 5.41) is 11.0. The van der Waals surface area contributed by atoms with E-state index in [4.69, 9.17) is 5.21 Å². The molecule has 0 bridgehead atoms. The number of hydrogen-bond donors (Lipinski definition) is 1. The van der Waals surface area contributed by atoms with Gasteiger partial charge in [-0.1, -0.05) is 17.3 Å². The highest BCUT2D eigenvalue weighted by molar-refractivity contribution is 6.06. The molecule has 0 aromatic rings. The molecule has 0 fully saturated rings. The minimum atomic E-state index is 0.611. The van der Waals surface area contributed by atoms with Gasteiger partial charge in [0.1, 0.15) is 5.71 Å². The number of allylic oxidation sites excluding steroid dienone is 4. The van der Waals surface area contributed by atoms with Gasteiger partial charge in [0, 0.05) is 0 Å². The molecule has 2 heteroatoms. The van der Waals surface area contributed by atoms with Crippen LogP contribution in [-0.4, -0.2) is 10.9 Å². The van der Waals surface area contributed by atoms with Gasteiger partial charge in [-0.25, -0.2) is 0 Å². The Morgan fingerprint density at radius 2 is 1.86 bits per heavy atom. The molecule has 0 spiro atoms. The average molecular weight is 95.1 g/mol. The molecular weight excluding hydrogens is 90.1 g/mol. The minimum Gasteiger partial charge on any atom is -0.410 e. The number of hydrogen-bond acceptors (Lipinski definition) is 2. The van der Waals surface area contributed by atoms with Crippen LogP contribution in [0.4, 0.5) is 0 Å².